The van der Waals surface area contributed by atoms with Crippen LogP contribution < -0.4 is 4.74 Å². The first-order valence-corrected chi connectivity index (χ1v) is 15.9. The van der Waals surface area contributed by atoms with Crippen LogP contribution in [0.4, 0.5) is 13.2 Å². The molecule has 0 saturated carbocycles. The van der Waals surface area contributed by atoms with Gasteiger partial charge in [0.1, 0.15) is 24.9 Å². The number of hydrogen-bond donors (Lipinski definition) is 0. The summed E-state index contributed by atoms with van der Waals surface area (Å²) in [6, 6.07) is 11.5. The molecular formula is C27H34F3N3O4Si. The first-order valence-electron chi connectivity index (χ1n) is 12.2. The van der Waals surface area contributed by atoms with Crippen molar-refractivity contribution in [2.45, 2.75) is 52.4 Å². The fourth-order valence-electron chi connectivity index (χ4n) is 3.44. The molecule has 0 saturated heterocycles. The Labute approximate surface area is 222 Å². The summed E-state index contributed by atoms with van der Waals surface area (Å²) in [5.41, 5.74) is 0.113. The average Bonchev–Trinajstić information content (AvgIpc) is 3.30. The van der Waals surface area contributed by atoms with Gasteiger partial charge >= 0.3 is 12.1 Å². The van der Waals surface area contributed by atoms with E-state index in [1.165, 1.54) is 17.9 Å². The molecule has 2 aromatic heterocycles. The molecule has 7 nitrogen and oxygen atoms in total. The van der Waals surface area contributed by atoms with E-state index in [-0.39, 0.29) is 25.1 Å². The number of carbonyl (C=O) groups excluding carboxylic acids is 1. The van der Waals surface area contributed by atoms with Crippen molar-refractivity contribution in [3.05, 3.63) is 54.5 Å². The van der Waals surface area contributed by atoms with Crippen molar-refractivity contribution >= 4 is 14.0 Å². The second-order valence-electron chi connectivity index (χ2n) is 10.9. The highest BCUT2D eigenvalue weighted by Gasteiger charge is 2.35. The van der Waals surface area contributed by atoms with Gasteiger partial charge in [0.25, 0.3) is 0 Å². The Morgan fingerprint density at radius 2 is 1.68 bits per heavy atom. The molecule has 11 heteroatoms. The summed E-state index contributed by atoms with van der Waals surface area (Å²) in [6.45, 7) is 10.7. The Kier molecular flexibility index (Phi) is 9.04. The number of aromatic nitrogens is 3. The summed E-state index contributed by atoms with van der Waals surface area (Å²) in [5.74, 6) is 0.360. The molecule has 38 heavy (non-hydrogen) atoms. The van der Waals surface area contributed by atoms with E-state index in [0.717, 1.165) is 17.8 Å². The minimum Gasteiger partial charge on any atom is -0.492 e. The van der Waals surface area contributed by atoms with Gasteiger partial charge in [-0.05, 0) is 56.3 Å². The zero-order valence-electron chi connectivity index (χ0n) is 22.6. The molecule has 0 N–H and O–H groups in total. The van der Waals surface area contributed by atoms with Crippen LogP contribution in [0.25, 0.3) is 22.6 Å². The third-order valence-corrected chi connectivity index (χ3v) is 7.51. The molecule has 0 bridgehead atoms. The third-order valence-electron chi connectivity index (χ3n) is 5.80. The molecule has 0 amide bonds. The van der Waals surface area contributed by atoms with Gasteiger partial charge in [0.2, 0.25) is 0 Å². The van der Waals surface area contributed by atoms with Crippen LogP contribution in [0.2, 0.25) is 25.7 Å². The lowest BCUT2D eigenvalue weighted by atomic mass is 9.95. The van der Waals surface area contributed by atoms with Gasteiger partial charge in [-0.25, -0.2) is 4.98 Å². The molecule has 2 heterocycles. The molecule has 1 aromatic carbocycles. The van der Waals surface area contributed by atoms with Crippen LogP contribution in [-0.2, 0) is 27.2 Å². The lowest BCUT2D eigenvalue weighted by Gasteiger charge is -2.21. The zero-order valence-corrected chi connectivity index (χ0v) is 23.6. The van der Waals surface area contributed by atoms with E-state index in [2.05, 4.69) is 29.6 Å². The van der Waals surface area contributed by atoms with Gasteiger partial charge in [0.15, 0.2) is 5.69 Å². The van der Waals surface area contributed by atoms with E-state index >= 15 is 0 Å². The number of ether oxygens (including phenoxy) is 3. The smallest absolute Gasteiger partial charge is 0.434 e. The lowest BCUT2D eigenvalue weighted by molar-refractivity contribution is -0.152. The average molecular weight is 550 g/mol. The zero-order chi connectivity index (χ0) is 28.1. The highest BCUT2D eigenvalue weighted by molar-refractivity contribution is 6.76. The number of pyridine rings is 1. The number of halogens is 3. The van der Waals surface area contributed by atoms with Crippen molar-refractivity contribution < 1.29 is 32.2 Å². The van der Waals surface area contributed by atoms with Crippen molar-refractivity contribution in [3.63, 3.8) is 0 Å². The summed E-state index contributed by atoms with van der Waals surface area (Å²) in [6.07, 6.45) is -2.10. The Bertz CT molecular complexity index is 1220. The van der Waals surface area contributed by atoms with E-state index in [1.54, 1.807) is 38.1 Å². The van der Waals surface area contributed by atoms with Crippen LogP contribution in [0.1, 0.15) is 19.5 Å². The number of methoxy groups -OCH3 is 1. The predicted molar refractivity (Wildman–Crippen MR) is 141 cm³/mol. The van der Waals surface area contributed by atoms with Gasteiger partial charge in [0, 0.05) is 38.2 Å². The van der Waals surface area contributed by atoms with Crippen LogP contribution in [-0.4, -0.2) is 48.9 Å². The molecule has 0 aliphatic carbocycles. The first-order chi connectivity index (χ1) is 17.7. The second-order valence-corrected chi connectivity index (χ2v) is 16.5. The van der Waals surface area contributed by atoms with E-state index in [4.69, 9.17) is 14.2 Å². The number of esters is 1. The molecule has 3 rings (SSSR count). The molecule has 0 atom stereocenters. The van der Waals surface area contributed by atoms with Gasteiger partial charge in [-0.15, -0.1) is 0 Å². The highest BCUT2D eigenvalue weighted by atomic mass is 28.3. The van der Waals surface area contributed by atoms with Gasteiger partial charge in [-0.3, -0.25) is 9.78 Å². The molecule has 0 spiro atoms. The molecule has 0 fully saturated rings. The summed E-state index contributed by atoms with van der Waals surface area (Å²) in [4.78, 5) is 20.1. The first kappa shape index (κ1) is 29.4. The number of carbonyl (C=O) groups is 1. The number of hydrogen-bond acceptors (Lipinski definition) is 6. The Balaban J connectivity index is 1.74. The molecule has 0 aliphatic heterocycles. The van der Waals surface area contributed by atoms with Gasteiger partial charge in [0.05, 0.1) is 18.2 Å². The minimum absolute atomic E-state index is 0.0289. The lowest BCUT2D eigenvalue weighted by Crippen LogP contribution is -2.32. The summed E-state index contributed by atoms with van der Waals surface area (Å²) < 4.78 is 57.7. The van der Waals surface area contributed by atoms with Crippen LogP contribution >= 0.6 is 0 Å². The normalized spacial score (nSPS) is 12.4. The maximum atomic E-state index is 13.4. The van der Waals surface area contributed by atoms with Crippen molar-refractivity contribution in [1.29, 1.82) is 0 Å². The predicted octanol–water partition coefficient (Wildman–Crippen LogP) is 6.52. The van der Waals surface area contributed by atoms with E-state index in [0.29, 0.717) is 23.6 Å². The Morgan fingerprint density at radius 1 is 1.03 bits per heavy atom. The highest BCUT2D eigenvalue weighted by Crippen LogP contribution is 2.32. The molecule has 3 aromatic rings. The Morgan fingerprint density at radius 3 is 2.24 bits per heavy atom. The van der Waals surface area contributed by atoms with Crippen molar-refractivity contribution in [2.24, 2.45) is 5.41 Å². The number of nitrogens with zero attached hydrogens (tertiary/aromatic N) is 3. The topological polar surface area (TPSA) is 75.5 Å². The standard InChI is InChI=1S/C27H34F3N3O4Si/c1-26(2,25(34)35-3)17-37-21-10-7-19(8-11-21)22-12-9-20(15-31-22)24-32-23(27(28,29)30)16-33(24)18-36-13-14-38(4,5)6/h7-12,15-16H,13-14,17-18H2,1-6H3. The fraction of sp³-hybridized carbons (Fsp3) is 0.444. The summed E-state index contributed by atoms with van der Waals surface area (Å²) in [5, 5.41) is 0. The SMILES string of the molecule is COC(=O)C(C)(C)COc1ccc(-c2ccc(-c3nc(C(F)(F)F)cn3COCC[Si](C)(C)C)cn2)cc1. The quantitative estimate of drug-likeness (QED) is 0.154. The maximum absolute atomic E-state index is 13.4. The van der Waals surface area contributed by atoms with E-state index in [1.807, 2.05) is 12.1 Å². The van der Waals surface area contributed by atoms with Crippen LogP contribution in [0.5, 0.6) is 5.75 Å². The van der Waals surface area contributed by atoms with E-state index < -0.39 is 25.4 Å². The van der Waals surface area contributed by atoms with Crippen molar-refractivity contribution in [2.75, 3.05) is 20.3 Å². The fourth-order valence-corrected chi connectivity index (χ4v) is 4.20. The third kappa shape index (κ3) is 7.91. The molecule has 0 aliphatic rings. The number of benzene rings is 1. The van der Waals surface area contributed by atoms with Crippen molar-refractivity contribution in [1.82, 2.24) is 14.5 Å². The van der Waals surface area contributed by atoms with Gasteiger partial charge in [-0.2, -0.15) is 13.2 Å². The summed E-state index contributed by atoms with van der Waals surface area (Å²) >= 11 is 0. The summed E-state index contributed by atoms with van der Waals surface area (Å²) in [7, 11) is 0.0105. The second kappa shape index (κ2) is 11.7. The largest absolute Gasteiger partial charge is 0.492 e. The number of imidazole rings is 1. The van der Waals surface area contributed by atoms with Crippen LogP contribution in [0.15, 0.2) is 48.8 Å². The van der Waals surface area contributed by atoms with Gasteiger partial charge < -0.3 is 18.8 Å². The van der Waals surface area contributed by atoms with E-state index in [9.17, 15) is 18.0 Å². The van der Waals surface area contributed by atoms with Crippen LogP contribution in [0, 0.1) is 5.41 Å². The molecule has 206 valence electrons. The number of alkyl halides is 3. The monoisotopic (exact) mass is 549 g/mol. The maximum Gasteiger partial charge on any atom is 0.434 e. The molecular weight excluding hydrogens is 515 g/mol. The minimum atomic E-state index is -4.57. The van der Waals surface area contributed by atoms with Gasteiger partial charge in [-0.1, -0.05) is 19.6 Å². The number of rotatable bonds is 11. The van der Waals surface area contributed by atoms with Crippen molar-refractivity contribution in [3.8, 4) is 28.4 Å². The molecule has 0 unspecified atom stereocenters. The molecule has 0 radical (unpaired) electrons. The van der Waals surface area contributed by atoms with Crippen LogP contribution in [0.3, 0.4) is 0 Å². The Hall–Kier alpha value is -3.18.